The second-order valence-electron chi connectivity index (χ2n) is 3.59. The van der Waals surface area contributed by atoms with Gasteiger partial charge < -0.3 is 15.0 Å². The van der Waals surface area contributed by atoms with Crippen LogP contribution in [0, 0.1) is 12.7 Å². The summed E-state index contributed by atoms with van der Waals surface area (Å²) in [6.07, 6.45) is 0. The monoisotopic (exact) mass is 236 g/mol. The number of nitrogen functional groups attached to an aromatic ring is 1. The number of hydrogen-bond donors (Lipinski definition) is 1. The smallest absolute Gasteiger partial charge is 0.190 e. The van der Waals surface area contributed by atoms with E-state index in [9.17, 15) is 4.39 Å². The molecule has 5 heteroatoms. The fourth-order valence-corrected chi connectivity index (χ4v) is 1.50. The average Bonchev–Trinajstić information content (AvgIpc) is 2.63. The number of anilines is 1. The van der Waals surface area contributed by atoms with Gasteiger partial charge in [-0.2, -0.15) is 0 Å². The Morgan fingerprint density at radius 2 is 2.24 bits per heavy atom. The van der Waals surface area contributed by atoms with Gasteiger partial charge in [0, 0.05) is 5.56 Å². The van der Waals surface area contributed by atoms with Crippen molar-refractivity contribution in [1.29, 1.82) is 0 Å². The highest BCUT2D eigenvalue weighted by Crippen LogP contribution is 2.31. The Balaban J connectivity index is 2.41. The molecule has 0 unspecified atom stereocenters. The molecule has 2 rings (SSSR count). The molecule has 0 aliphatic carbocycles. The van der Waals surface area contributed by atoms with Crippen LogP contribution in [0.25, 0.3) is 11.3 Å². The summed E-state index contributed by atoms with van der Waals surface area (Å²) in [6, 6.07) is 4.55. The zero-order chi connectivity index (χ0) is 12.4. The highest BCUT2D eigenvalue weighted by molar-refractivity contribution is 5.72. The van der Waals surface area contributed by atoms with E-state index in [1.165, 1.54) is 6.07 Å². The number of aromatic nitrogens is 1. The summed E-state index contributed by atoms with van der Waals surface area (Å²) in [4.78, 5) is 0. The van der Waals surface area contributed by atoms with E-state index in [0.717, 1.165) is 0 Å². The van der Waals surface area contributed by atoms with Gasteiger partial charge >= 0.3 is 0 Å². The van der Waals surface area contributed by atoms with E-state index in [1.54, 1.807) is 26.0 Å². The minimum absolute atomic E-state index is 0.214. The van der Waals surface area contributed by atoms with Gasteiger partial charge in [0.05, 0.1) is 6.61 Å². The number of nitrogens with two attached hydrogens (primary N) is 1. The van der Waals surface area contributed by atoms with Crippen molar-refractivity contribution in [2.24, 2.45) is 0 Å². The third-order valence-corrected chi connectivity index (χ3v) is 2.40. The van der Waals surface area contributed by atoms with Crippen LogP contribution in [-0.2, 0) is 0 Å². The summed E-state index contributed by atoms with van der Waals surface area (Å²) in [7, 11) is 0. The normalized spacial score (nSPS) is 10.5. The number of aryl methyl sites for hydroxylation is 1. The van der Waals surface area contributed by atoms with Gasteiger partial charge in [-0.05, 0) is 32.0 Å². The van der Waals surface area contributed by atoms with Gasteiger partial charge in [-0.1, -0.05) is 5.16 Å². The van der Waals surface area contributed by atoms with Crippen molar-refractivity contribution >= 4 is 5.69 Å². The molecule has 1 heterocycles. The van der Waals surface area contributed by atoms with Crippen molar-refractivity contribution in [3.05, 3.63) is 29.7 Å². The first kappa shape index (κ1) is 11.4. The third-order valence-electron chi connectivity index (χ3n) is 2.40. The maximum atomic E-state index is 13.6. The van der Waals surface area contributed by atoms with Gasteiger partial charge in [0.2, 0.25) is 0 Å². The van der Waals surface area contributed by atoms with Gasteiger partial charge in [-0.25, -0.2) is 4.39 Å². The molecule has 2 aromatic rings. The molecule has 0 aliphatic heterocycles. The van der Waals surface area contributed by atoms with E-state index in [4.69, 9.17) is 15.0 Å². The maximum absolute atomic E-state index is 13.6. The standard InChI is InChI=1S/C12H13FN2O2/c1-3-16-10-5-4-8(6-9(10)13)12-11(14)7(2)15-17-12/h4-6H,3,14H2,1-2H3. The molecule has 4 nitrogen and oxygen atoms in total. The molecule has 17 heavy (non-hydrogen) atoms. The molecule has 1 aromatic carbocycles. The van der Waals surface area contributed by atoms with E-state index < -0.39 is 5.82 Å². The first-order valence-corrected chi connectivity index (χ1v) is 5.28. The number of rotatable bonds is 3. The van der Waals surface area contributed by atoms with Crippen LogP contribution in [0.4, 0.5) is 10.1 Å². The van der Waals surface area contributed by atoms with Crippen molar-refractivity contribution in [3.63, 3.8) is 0 Å². The Hall–Kier alpha value is -2.04. The van der Waals surface area contributed by atoms with Crippen molar-refractivity contribution < 1.29 is 13.7 Å². The third kappa shape index (κ3) is 2.08. The first-order chi connectivity index (χ1) is 8.13. The molecular formula is C12H13FN2O2. The summed E-state index contributed by atoms with van der Waals surface area (Å²) in [6.45, 7) is 3.94. The molecule has 0 fully saturated rings. The van der Waals surface area contributed by atoms with Gasteiger partial charge in [-0.3, -0.25) is 0 Å². The van der Waals surface area contributed by atoms with Crippen LogP contribution >= 0.6 is 0 Å². The minimum atomic E-state index is -0.446. The van der Waals surface area contributed by atoms with Crippen LogP contribution in [0.1, 0.15) is 12.6 Å². The fraction of sp³-hybridized carbons (Fsp3) is 0.250. The molecule has 0 saturated heterocycles. The van der Waals surface area contributed by atoms with Crippen LogP contribution in [0.15, 0.2) is 22.7 Å². The van der Waals surface area contributed by atoms with Gasteiger partial charge in [0.25, 0.3) is 0 Å². The van der Waals surface area contributed by atoms with Gasteiger partial charge in [0.15, 0.2) is 17.3 Å². The molecular weight excluding hydrogens is 223 g/mol. The van der Waals surface area contributed by atoms with E-state index in [-0.39, 0.29) is 5.75 Å². The zero-order valence-electron chi connectivity index (χ0n) is 9.66. The highest BCUT2D eigenvalue weighted by atomic mass is 19.1. The van der Waals surface area contributed by atoms with Gasteiger partial charge in [0.1, 0.15) is 11.4 Å². The second kappa shape index (κ2) is 4.45. The Morgan fingerprint density at radius 3 is 2.76 bits per heavy atom. The zero-order valence-corrected chi connectivity index (χ0v) is 9.66. The van der Waals surface area contributed by atoms with Crippen molar-refractivity contribution in [2.75, 3.05) is 12.3 Å². The molecule has 2 N–H and O–H groups in total. The van der Waals surface area contributed by atoms with Crippen molar-refractivity contribution in [3.8, 4) is 17.1 Å². The van der Waals surface area contributed by atoms with E-state index >= 15 is 0 Å². The topological polar surface area (TPSA) is 61.3 Å². The minimum Gasteiger partial charge on any atom is -0.491 e. The van der Waals surface area contributed by atoms with E-state index in [2.05, 4.69) is 5.16 Å². The van der Waals surface area contributed by atoms with Crippen LogP contribution in [0.3, 0.4) is 0 Å². The Bertz CT molecular complexity index is 537. The predicted molar refractivity (Wildman–Crippen MR) is 62.2 cm³/mol. The molecule has 0 saturated carbocycles. The lowest BCUT2D eigenvalue weighted by Gasteiger charge is -2.05. The van der Waals surface area contributed by atoms with Crippen molar-refractivity contribution in [2.45, 2.75) is 13.8 Å². The highest BCUT2D eigenvalue weighted by Gasteiger charge is 2.14. The first-order valence-electron chi connectivity index (χ1n) is 5.28. The summed E-state index contributed by atoms with van der Waals surface area (Å²) in [5.41, 5.74) is 7.33. The molecule has 1 aromatic heterocycles. The van der Waals surface area contributed by atoms with E-state index in [0.29, 0.717) is 29.3 Å². The SMILES string of the molecule is CCOc1ccc(-c2onc(C)c2N)cc1F. The van der Waals surface area contributed by atoms with Crippen LogP contribution in [-0.4, -0.2) is 11.8 Å². The van der Waals surface area contributed by atoms with Crippen LogP contribution < -0.4 is 10.5 Å². The lowest BCUT2D eigenvalue weighted by atomic mass is 10.1. The second-order valence-corrected chi connectivity index (χ2v) is 3.59. The Kier molecular flexibility index (Phi) is 2.99. The Labute approximate surface area is 98.2 Å². The number of nitrogens with zero attached hydrogens (tertiary/aromatic N) is 1. The number of benzene rings is 1. The summed E-state index contributed by atoms with van der Waals surface area (Å²) < 4.78 is 23.8. The quantitative estimate of drug-likeness (QED) is 0.890. The molecule has 0 atom stereocenters. The maximum Gasteiger partial charge on any atom is 0.190 e. The molecule has 0 amide bonds. The van der Waals surface area contributed by atoms with Crippen LogP contribution in [0.2, 0.25) is 0 Å². The van der Waals surface area contributed by atoms with Crippen molar-refractivity contribution in [1.82, 2.24) is 5.16 Å². The number of halogens is 1. The lowest BCUT2D eigenvalue weighted by Crippen LogP contribution is -1.95. The van der Waals surface area contributed by atoms with Gasteiger partial charge in [-0.15, -0.1) is 0 Å². The molecule has 90 valence electrons. The molecule has 0 bridgehead atoms. The predicted octanol–water partition coefficient (Wildman–Crippen LogP) is 2.77. The summed E-state index contributed by atoms with van der Waals surface area (Å²) in [5, 5.41) is 3.73. The fourth-order valence-electron chi connectivity index (χ4n) is 1.50. The molecule has 0 radical (unpaired) electrons. The summed E-state index contributed by atoms with van der Waals surface area (Å²) >= 11 is 0. The Morgan fingerprint density at radius 1 is 1.47 bits per heavy atom. The number of hydrogen-bond acceptors (Lipinski definition) is 4. The molecule has 0 spiro atoms. The largest absolute Gasteiger partial charge is 0.491 e. The average molecular weight is 236 g/mol. The lowest BCUT2D eigenvalue weighted by molar-refractivity contribution is 0.321. The van der Waals surface area contributed by atoms with E-state index in [1.807, 2.05) is 0 Å². The van der Waals surface area contributed by atoms with Crippen LogP contribution in [0.5, 0.6) is 5.75 Å². The summed E-state index contributed by atoms with van der Waals surface area (Å²) in [5.74, 6) is 0.147. The molecule has 0 aliphatic rings. The number of ether oxygens (including phenoxy) is 1.